The van der Waals surface area contributed by atoms with Gasteiger partial charge in [0.15, 0.2) is 5.52 Å². The van der Waals surface area contributed by atoms with E-state index in [2.05, 4.69) is 15.1 Å². The van der Waals surface area contributed by atoms with Crippen molar-refractivity contribution in [2.75, 3.05) is 0 Å². The topological polar surface area (TPSA) is 100 Å². The van der Waals surface area contributed by atoms with Gasteiger partial charge in [0.1, 0.15) is 34.7 Å². The summed E-state index contributed by atoms with van der Waals surface area (Å²) in [6, 6.07) is 7.06. The quantitative estimate of drug-likeness (QED) is 0.460. The molecule has 0 N–H and O–H groups in total. The van der Waals surface area contributed by atoms with Crippen LogP contribution in [0.3, 0.4) is 0 Å². The second-order valence-electron chi connectivity index (χ2n) is 7.82. The summed E-state index contributed by atoms with van der Waals surface area (Å²) in [5.41, 5.74) is 0.307. The van der Waals surface area contributed by atoms with E-state index in [0.717, 1.165) is 5.39 Å². The monoisotopic (exact) mass is 426 g/mol. The van der Waals surface area contributed by atoms with E-state index in [0.29, 0.717) is 22.1 Å². The zero-order valence-electron chi connectivity index (χ0n) is 16.7. The van der Waals surface area contributed by atoms with Gasteiger partial charge in [-0.2, -0.15) is 5.10 Å². The maximum Gasteiger partial charge on any atom is 0.312 e. The van der Waals surface area contributed by atoms with E-state index in [1.54, 1.807) is 45.0 Å². The highest BCUT2D eigenvalue weighted by molar-refractivity contribution is 6.31. The summed E-state index contributed by atoms with van der Waals surface area (Å²) in [7, 11) is 0. The van der Waals surface area contributed by atoms with Crippen molar-refractivity contribution in [1.29, 1.82) is 0 Å². The Morgan fingerprint density at radius 3 is 2.63 bits per heavy atom. The first-order valence-electron chi connectivity index (χ1n) is 9.30. The molecule has 0 aliphatic heterocycles. The number of hydrogen-bond acceptors (Lipinski definition) is 7. The molecule has 8 nitrogen and oxygen atoms in total. The van der Waals surface area contributed by atoms with Crippen molar-refractivity contribution in [2.24, 2.45) is 0 Å². The smallest absolute Gasteiger partial charge is 0.312 e. The fourth-order valence-corrected chi connectivity index (χ4v) is 3.28. The Hall–Kier alpha value is -3.26. The first-order chi connectivity index (χ1) is 14.2. The van der Waals surface area contributed by atoms with Crippen molar-refractivity contribution < 1.29 is 13.9 Å². The van der Waals surface area contributed by atoms with E-state index >= 15 is 0 Å². The molecule has 0 aliphatic rings. The molecule has 0 bridgehead atoms. The number of hydrogen-bond donors (Lipinski definition) is 0. The zero-order valence-corrected chi connectivity index (χ0v) is 17.4. The largest absolute Gasteiger partial charge is 0.460 e. The zero-order chi connectivity index (χ0) is 21.5. The van der Waals surface area contributed by atoms with Gasteiger partial charge < -0.3 is 9.15 Å². The molecule has 0 atom stereocenters. The number of fused-ring (bicyclic) bond motifs is 2. The van der Waals surface area contributed by atoms with Gasteiger partial charge in [0.2, 0.25) is 0 Å². The van der Waals surface area contributed by atoms with E-state index in [-0.39, 0.29) is 24.0 Å². The molecule has 0 saturated heterocycles. The van der Waals surface area contributed by atoms with Crippen LogP contribution in [0.25, 0.3) is 22.0 Å². The number of esters is 1. The van der Waals surface area contributed by atoms with Crippen molar-refractivity contribution in [2.45, 2.75) is 39.3 Å². The number of nitrogens with zero attached hydrogens (tertiary/aromatic N) is 4. The first kappa shape index (κ1) is 20.0. The Morgan fingerprint density at radius 1 is 1.17 bits per heavy atom. The average Bonchev–Trinajstić information content (AvgIpc) is 3.05. The van der Waals surface area contributed by atoms with Crippen molar-refractivity contribution >= 4 is 39.6 Å². The van der Waals surface area contributed by atoms with E-state index in [1.165, 1.54) is 17.1 Å². The van der Waals surface area contributed by atoms with Gasteiger partial charge in [-0.3, -0.25) is 14.6 Å². The number of rotatable bonds is 4. The molecule has 4 aromatic rings. The van der Waals surface area contributed by atoms with Gasteiger partial charge in [-0.25, -0.2) is 9.67 Å². The highest BCUT2D eigenvalue weighted by Gasteiger charge is 2.21. The molecule has 1 aromatic carbocycles. The second kappa shape index (κ2) is 7.53. The predicted molar refractivity (Wildman–Crippen MR) is 111 cm³/mol. The lowest BCUT2D eigenvalue weighted by Gasteiger charge is -2.19. The summed E-state index contributed by atoms with van der Waals surface area (Å²) in [5, 5.41) is 5.78. The molecule has 9 heteroatoms. The SMILES string of the molecule is CC(C)(C)OC(=O)Cc1nn(Cc2cc3cc(Cl)ccc3o2)c(=O)c2nccnc12. The number of carbonyl (C=O) groups is 1. The number of carbonyl (C=O) groups excluding carboxylic acids is 1. The summed E-state index contributed by atoms with van der Waals surface area (Å²) < 4.78 is 12.4. The molecule has 0 amide bonds. The van der Waals surface area contributed by atoms with Gasteiger partial charge in [0.05, 0.1) is 6.42 Å². The molecule has 0 radical (unpaired) electrons. The number of benzene rings is 1. The van der Waals surface area contributed by atoms with Crippen molar-refractivity contribution in [3.63, 3.8) is 0 Å². The Labute approximate surface area is 176 Å². The summed E-state index contributed by atoms with van der Waals surface area (Å²) >= 11 is 6.03. The molecule has 30 heavy (non-hydrogen) atoms. The predicted octanol–water partition coefficient (Wildman–Crippen LogP) is 3.52. The number of aromatic nitrogens is 4. The lowest BCUT2D eigenvalue weighted by atomic mass is 10.2. The van der Waals surface area contributed by atoms with E-state index in [9.17, 15) is 9.59 Å². The van der Waals surface area contributed by atoms with Crippen LogP contribution in [0, 0.1) is 0 Å². The van der Waals surface area contributed by atoms with Crippen LogP contribution in [0.15, 0.2) is 45.9 Å². The van der Waals surface area contributed by atoms with Crippen LogP contribution >= 0.6 is 11.6 Å². The normalized spacial score (nSPS) is 11.9. The lowest BCUT2D eigenvalue weighted by molar-refractivity contribution is -0.153. The summed E-state index contributed by atoms with van der Waals surface area (Å²) in [4.78, 5) is 33.6. The molecule has 3 aromatic heterocycles. The fourth-order valence-electron chi connectivity index (χ4n) is 3.10. The summed E-state index contributed by atoms with van der Waals surface area (Å²) in [6.45, 7) is 5.42. The molecular formula is C21H19ClN4O4. The molecule has 0 fully saturated rings. The summed E-state index contributed by atoms with van der Waals surface area (Å²) in [6.07, 6.45) is 2.74. The maximum absolute atomic E-state index is 12.9. The van der Waals surface area contributed by atoms with Gasteiger partial charge >= 0.3 is 5.97 Å². The standard InChI is InChI=1S/C21H19ClN4O4/c1-21(2,3)30-17(27)10-15-18-19(24-7-6-23-18)20(28)26(25-15)11-14-9-12-8-13(22)4-5-16(12)29-14/h4-9H,10-11H2,1-3H3. The molecule has 0 saturated carbocycles. The average molecular weight is 427 g/mol. The summed E-state index contributed by atoms with van der Waals surface area (Å²) in [5.74, 6) is 0.0545. The highest BCUT2D eigenvalue weighted by atomic mass is 35.5. The maximum atomic E-state index is 12.9. The third kappa shape index (κ3) is 4.18. The van der Waals surface area contributed by atoms with Gasteiger partial charge in [-0.1, -0.05) is 11.6 Å². The highest BCUT2D eigenvalue weighted by Crippen LogP contribution is 2.23. The minimum absolute atomic E-state index is 0.0684. The minimum atomic E-state index is -0.636. The number of ether oxygens (including phenoxy) is 1. The van der Waals surface area contributed by atoms with E-state index in [1.807, 2.05) is 0 Å². The van der Waals surface area contributed by atoms with Crippen molar-refractivity contribution in [3.8, 4) is 0 Å². The third-order valence-electron chi connectivity index (χ3n) is 4.22. The molecule has 0 aliphatic carbocycles. The first-order valence-corrected chi connectivity index (χ1v) is 9.68. The molecule has 4 rings (SSSR count). The van der Waals surface area contributed by atoms with Gasteiger partial charge in [0, 0.05) is 22.8 Å². The van der Waals surface area contributed by atoms with Crippen LogP contribution in [-0.4, -0.2) is 31.3 Å². The van der Waals surface area contributed by atoms with E-state index in [4.69, 9.17) is 20.8 Å². The molecule has 0 spiro atoms. The number of furan rings is 1. The Bertz CT molecular complexity index is 1320. The van der Waals surface area contributed by atoms with Crippen molar-refractivity contribution in [1.82, 2.24) is 19.7 Å². The molecular weight excluding hydrogens is 408 g/mol. The fraction of sp³-hybridized carbons (Fsp3) is 0.286. The molecule has 154 valence electrons. The van der Waals surface area contributed by atoms with E-state index < -0.39 is 17.1 Å². The Kier molecular flexibility index (Phi) is 5.03. The Balaban J connectivity index is 1.74. The van der Waals surface area contributed by atoms with Gasteiger partial charge in [-0.05, 0) is 45.0 Å². The van der Waals surface area contributed by atoms with Crippen LogP contribution in [-0.2, 0) is 22.5 Å². The van der Waals surface area contributed by atoms with Gasteiger partial charge in [-0.15, -0.1) is 0 Å². The van der Waals surface area contributed by atoms with Gasteiger partial charge in [0.25, 0.3) is 5.56 Å². The second-order valence-corrected chi connectivity index (χ2v) is 8.26. The van der Waals surface area contributed by atoms with Crippen LogP contribution in [0.4, 0.5) is 0 Å². The van der Waals surface area contributed by atoms with Crippen LogP contribution in [0.5, 0.6) is 0 Å². The van der Waals surface area contributed by atoms with Crippen LogP contribution in [0.2, 0.25) is 5.02 Å². The van der Waals surface area contributed by atoms with Crippen molar-refractivity contribution in [3.05, 3.63) is 63.5 Å². The Morgan fingerprint density at radius 2 is 1.90 bits per heavy atom. The van der Waals surface area contributed by atoms with Crippen LogP contribution in [0.1, 0.15) is 32.2 Å². The molecule has 0 unspecified atom stereocenters. The number of halogens is 1. The lowest BCUT2D eigenvalue weighted by Crippen LogP contribution is -2.29. The minimum Gasteiger partial charge on any atom is -0.460 e. The van der Waals surface area contributed by atoms with Crippen LogP contribution < -0.4 is 5.56 Å². The third-order valence-corrected chi connectivity index (χ3v) is 4.45. The molecule has 3 heterocycles.